The summed E-state index contributed by atoms with van der Waals surface area (Å²) in [4.78, 5) is 18.7. The Morgan fingerprint density at radius 1 is 1.05 bits per heavy atom. The SMILES string of the molecule is CCCCN(CC1CN(c2ccc(-c3noc(C)n3)cc2)C(=O)O1)S(=O)(=O)c1ccc2ccccc2c1. The number of aryl methyl sites for hydroxylation is 1. The number of unbranched alkanes of at least 4 members (excludes halogenated alkanes) is 1. The van der Waals surface area contributed by atoms with Crippen LogP contribution in [0.15, 0.2) is 76.1 Å². The molecular formula is C27H28N4O5S. The van der Waals surface area contributed by atoms with E-state index in [1.807, 2.05) is 37.3 Å². The van der Waals surface area contributed by atoms with E-state index < -0.39 is 22.2 Å². The molecule has 1 aliphatic heterocycles. The Labute approximate surface area is 215 Å². The van der Waals surface area contributed by atoms with Gasteiger partial charge in [0.2, 0.25) is 21.7 Å². The molecule has 0 spiro atoms. The van der Waals surface area contributed by atoms with Crippen LogP contribution < -0.4 is 4.90 Å². The van der Waals surface area contributed by atoms with Crippen molar-refractivity contribution in [2.24, 2.45) is 0 Å². The maximum absolute atomic E-state index is 13.6. The minimum Gasteiger partial charge on any atom is -0.443 e. The van der Waals surface area contributed by atoms with Gasteiger partial charge in [0.15, 0.2) is 0 Å². The number of hydrogen-bond donors (Lipinski definition) is 0. The third-order valence-electron chi connectivity index (χ3n) is 6.37. The molecule has 0 N–H and O–H groups in total. The van der Waals surface area contributed by atoms with Crippen LogP contribution in [0.25, 0.3) is 22.2 Å². The second kappa shape index (κ2) is 10.3. The number of cyclic esters (lactones) is 1. The van der Waals surface area contributed by atoms with Gasteiger partial charge < -0.3 is 9.26 Å². The molecule has 0 radical (unpaired) electrons. The molecule has 3 aromatic carbocycles. The molecule has 1 aliphatic rings. The van der Waals surface area contributed by atoms with Gasteiger partial charge in [-0.3, -0.25) is 4.90 Å². The van der Waals surface area contributed by atoms with Crippen LogP contribution in [0.3, 0.4) is 0 Å². The maximum atomic E-state index is 13.6. The molecule has 1 unspecified atom stereocenters. The topological polar surface area (TPSA) is 106 Å². The van der Waals surface area contributed by atoms with E-state index in [2.05, 4.69) is 10.1 Å². The minimum absolute atomic E-state index is 0.0810. The Morgan fingerprint density at radius 3 is 2.51 bits per heavy atom. The highest BCUT2D eigenvalue weighted by Gasteiger charge is 2.36. The van der Waals surface area contributed by atoms with Crippen molar-refractivity contribution in [2.75, 3.05) is 24.5 Å². The molecule has 1 amide bonds. The van der Waals surface area contributed by atoms with Crippen molar-refractivity contribution in [3.63, 3.8) is 0 Å². The van der Waals surface area contributed by atoms with Crippen LogP contribution >= 0.6 is 0 Å². The fourth-order valence-electron chi connectivity index (χ4n) is 4.38. The maximum Gasteiger partial charge on any atom is 0.414 e. The molecule has 0 aliphatic carbocycles. The molecule has 0 bridgehead atoms. The van der Waals surface area contributed by atoms with Crippen LogP contribution in [0.5, 0.6) is 0 Å². The molecule has 4 aromatic rings. The number of hydrogen-bond acceptors (Lipinski definition) is 7. The first kappa shape index (κ1) is 24.9. The van der Waals surface area contributed by atoms with Crippen LogP contribution in [0, 0.1) is 6.92 Å². The Morgan fingerprint density at radius 2 is 1.81 bits per heavy atom. The Hall–Kier alpha value is -3.76. The number of rotatable bonds is 9. The zero-order valence-electron chi connectivity index (χ0n) is 20.7. The first-order valence-electron chi connectivity index (χ1n) is 12.2. The number of sulfonamides is 1. The highest BCUT2D eigenvalue weighted by molar-refractivity contribution is 7.89. The van der Waals surface area contributed by atoms with E-state index >= 15 is 0 Å². The lowest BCUT2D eigenvalue weighted by molar-refractivity contribution is 0.128. The molecule has 5 rings (SSSR count). The number of fused-ring (bicyclic) bond motifs is 1. The summed E-state index contributed by atoms with van der Waals surface area (Å²) in [6.45, 7) is 4.40. The quantitative estimate of drug-likeness (QED) is 0.305. The van der Waals surface area contributed by atoms with Crippen LogP contribution in [0.2, 0.25) is 0 Å². The Kier molecular flexibility index (Phi) is 6.94. The molecule has 10 heteroatoms. The number of aromatic nitrogens is 2. The smallest absolute Gasteiger partial charge is 0.414 e. The van der Waals surface area contributed by atoms with Crippen molar-refractivity contribution in [2.45, 2.75) is 37.7 Å². The van der Waals surface area contributed by atoms with Crippen molar-refractivity contribution in [3.05, 3.63) is 72.6 Å². The van der Waals surface area contributed by atoms with Crippen molar-refractivity contribution >= 4 is 32.6 Å². The molecule has 1 saturated heterocycles. The minimum atomic E-state index is -3.79. The monoisotopic (exact) mass is 520 g/mol. The van der Waals surface area contributed by atoms with Crippen molar-refractivity contribution in [1.82, 2.24) is 14.4 Å². The second-order valence-corrected chi connectivity index (χ2v) is 11.0. The standard InChI is InChI=1S/C27H28N4O5S/c1-3-4-15-30(37(33,34)25-14-11-20-7-5-6-8-22(20)16-25)17-24-18-31(27(32)35-24)23-12-9-21(10-13-23)26-28-19(2)36-29-26/h5-14,16,24H,3-4,15,17-18H2,1-2H3. The van der Waals surface area contributed by atoms with Gasteiger partial charge in [0, 0.05) is 24.7 Å². The van der Waals surface area contributed by atoms with Crippen LogP contribution in [-0.4, -0.2) is 54.7 Å². The first-order valence-corrected chi connectivity index (χ1v) is 13.7. The van der Waals surface area contributed by atoms with Crippen molar-refractivity contribution in [1.29, 1.82) is 0 Å². The van der Waals surface area contributed by atoms with Crippen molar-refractivity contribution in [3.8, 4) is 11.4 Å². The van der Waals surface area contributed by atoms with Gasteiger partial charge in [0.25, 0.3) is 0 Å². The van der Waals surface area contributed by atoms with E-state index in [1.54, 1.807) is 43.3 Å². The van der Waals surface area contributed by atoms with Gasteiger partial charge in [-0.05, 0) is 53.6 Å². The van der Waals surface area contributed by atoms with Crippen LogP contribution in [0.4, 0.5) is 10.5 Å². The predicted molar refractivity (Wildman–Crippen MR) is 140 cm³/mol. The molecule has 2 heterocycles. The lowest BCUT2D eigenvalue weighted by Gasteiger charge is -2.24. The fraction of sp³-hybridized carbons (Fsp3) is 0.296. The van der Waals surface area contributed by atoms with E-state index in [4.69, 9.17) is 9.26 Å². The third-order valence-corrected chi connectivity index (χ3v) is 8.23. The van der Waals surface area contributed by atoms with Gasteiger partial charge in [0.1, 0.15) is 6.10 Å². The molecule has 37 heavy (non-hydrogen) atoms. The van der Waals surface area contributed by atoms with E-state index in [0.29, 0.717) is 30.4 Å². The summed E-state index contributed by atoms with van der Waals surface area (Å²) in [5.74, 6) is 0.938. The van der Waals surface area contributed by atoms with Gasteiger partial charge in [-0.2, -0.15) is 9.29 Å². The zero-order valence-corrected chi connectivity index (χ0v) is 21.5. The molecule has 192 valence electrons. The Bertz CT molecular complexity index is 1520. The molecule has 1 aromatic heterocycles. The molecule has 0 saturated carbocycles. The summed E-state index contributed by atoms with van der Waals surface area (Å²) in [5, 5.41) is 5.74. The molecule has 9 nitrogen and oxygen atoms in total. The normalized spacial score (nSPS) is 16.0. The summed E-state index contributed by atoms with van der Waals surface area (Å²) in [6.07, 6.45) is 0.437. The fourth-order valence-corrected chi connectivity index (χ4v) is 5.93. The van der Waals surface area contributed by atoms with E-state index in [0.717, 1.165) is 22.8 Å². The van der Waals surface area contributed by atoms with Gasteiger partial charge in [-0.1, -0.05) is 48.8 Å². The second-order valence-electron chi connectivity index (χ2n) is 9.03. The van der Waals surface area contributed by atoms with Gasteiger partial charge in [0.05, 0.1) is 18.0 Å². The summed E-state index contributed by atoms with van der Waals surface area (Å²) >= 11 is 0. The average molecular weight is 521 g/mol. The number of benzene rings is 3. The summed E-state index contributed by atoms with van der Waals surface area (Å²) in [7, 11) is -3.79. The third kappa shape index (κ3) is 5.21. The Balaban J connectivity index is 1.33. The number of nitrogens with zero attached hydrogens (tertiary/aromatic N) is 4. The number of amides is 1. The number of anilines is 1. The first-order chi connectivity index (χ1) is 17.8. The van der Waals surface area contributed by atoms with E-state index in [9.17, 15) is 13.2 Å². The summed E-state index contributed by atoms with van der Waals surface area (Å²) in [5.41, 5.74) is 1.41. The number of ether oxygens (including phenoxy) is 1. The van der Waals surface area contributed by atoms with Crippen LogP contribution in [-0.2, 0) is 14.8 Å². The number of carbonyl (C=O) groups is 1. The summed E-state index contributed by atoms with van der Waals surface area (Å²) < 4.78 is 39.3. The zero-order chi connectivity index (χ0) is 26.0. The molecule has 1 atom stereocenters. The number of carbonyl (C=O) groups excluding carboxylic acids is 1. The lowest BCUT2D eigenvalue weighted by atomic mass is 10.1. The summed E-state index contributed by atoms with van der Waals surface area (Å²) in [6, 6.07) is 20.0. The largest absolute Gasteiger partial charge is 0.443 e. The highest BCUT2D eigenvalue weighted by atomic mass is 32.2. The molecular weight excluding hydrogens is 492 g/mol. The lowest BCUT2D eigenvalue weighted by Crippen LogP contribution is -2.39. The van der Waals surface area contributed by atoms with Gasteiger partial charge >= 0.3 is 6.09 Å². The van der Waals surface area contributed by atoms with Crippen molar-refractivity contribution < 1.29 is 22.5 Å². The predicted octanol–water partition coefficient (Wildman–Crippen LogP) is 5.01. The average Bonchev–Trinajstić information content (AvgIpc) is 3.51. The highest BCUT2D eigenvalue weighted by Crippen LogP contribution is 2.27. The van der Waals surface area contributed by atoms with E-state index in [1.165, 1.54) is 9.21 Å². The molecule has 1 fully saturated rings. The van der Waals surface area contributed by atoms with Gasteiger partial charge in [-0.25, -0.2) is 13.2 Å². The van der Waals surface area contributed by atoms with Gasteiger partial charge in [-0.15, -0.1) is 0 Å². The van der Waals surface area contributed by atoms with Crippen LogP contribution in [0.1, 0.15) is 25.7 Å². The van der Waals surface area contributed by atoms with E-state index in [-0.39, 0.29) is 18.0 Å².